The van der Waals surface area contributed by atoms with E-state index in [0.717, 1.165) is 25.7 Å². The van der Waals surface area contributed by atoms with Crippen LogP contribution in [0.4, 0.5) is 0 Å². The zero-order valence-electron chi connectivity index (χ0n) is 20.2. The summed E-state index contributed by atoms with van der Waals surface area (Å²) in [6, 6.07) is 0. The molecule has 2 saturated heterocycles. The third-order valence-electron chi connectivity index (χ3n) is 10.7. The van der Waals surface area contributed by atoms with Crippen molar-refractivity contribution in [1.82, 2.24) is 0 Å². The van der Waals surface area contributed by atoms with Crippen LogP contribution in [0.15, 0.2) is 23.6 Å². The zero-order chi connectivity index (χ0) is 22.7. The molecule has 0 N–H and O–H groups in total. The fraction of sp³-hybridized carbons (Fsp3) is 0.769. The second-order valence-electron chi connectivity index (χ2n) is 14.3. The molecular formula is C26H36O4Si2. The number of carbonyl (C=O) groups is 2. The van der Waals surface area contributed by atoms with E-state index < -0.39 is 27.0 Å². The molecule has 6 heteroatoms. The van der Waals surface area contributed by atoms with Crippen molar-refractivity contribution in [2.24, 2.45) is 46.3 Å². The van der Waals surface area contributed by atoms with E-state index in [9.17, 15) is 9.59 Å². The average molecular weight is 469 g/mol. The number of ether oxygens (including phenoxy) is 2. The molecule has 6 aliphatic carbocycles. The standard InChI is InChI=1S/C26H36O4Si2/c1-31(2,3)11-7-9-23-13-15-17-18-16-14-24(10-8-12-32(4,5)6)20(18)26(15,22(28)30-24)25(16,19(17)23)21(27)29-23/h7-8,11-12,15-20H,9-10,13-14H2,1-6H3/b11-7+,12-8+/t15-,16+,17-,18+,19+,20-,23+,24-,25-,26-/m1/s1. The highest BCUT2D eigenvalue weighted by atomic mass is 28.3. The van der Waals surface area contributed by atoms with Crippen LogP contribution in [0.3, 0.4) is 0 Å². The molecule has 0 aromatic carbocycles. The Balaban J connectivity index is 1.28. The van der Waals surface area contributed by atoms with Gasteiger partial charge >= 0.3 is 11.9 Å². The first kappa shape index (κ1) is 20.2. The second kappa shape index (κ2) is 5.24. The summed E-state index contributed by atoms with van der Waals surface area (Å²) in [5.41, 5.74) is 2.93. The fourth-order valence-corrected chi connectivity index (χ4v) is 12.4. The van der Waals surface area contributed by atoms with Crippen molar-refractivity contribution in [2.45, 2.75) is 76.2 Å². The average Bonchev–Trinajstić information content (AvgIpc) is 3.42. The lowest BCUT2D eigenvalue weighted by Crippen LogP contribution is -2.58. The molecule has 10 atom stereocenters. The van der Waals surface area contributed by atoms with Crippen molar-refractivity contribution in [3.05, 3.63) is 23.6 Å². The van der Waals surface area contributed by atoms with Crippen LogP contribution in [0.1, 0.15) is 25.7 Å². The molecular weight excluding hydrogens is 432 g/mol. The van der Waals surface area contributed by atoms with Crippen molar-refractivity contribution < 1.29 is 19.1 Å². The molecule has 8 fully saturated rings. The molecule has 0 aromatic heterocycles. The quantitative estimate of drug-likeness (QED) is 0.417. The van der Waals surface area contributed by atoms with Gasteiger partial charge in [-0.25, -0.2) is 0 Å². The Hall–Kier alpha value is -1.15. The molecule has 6 saturated carbocycles. The summed E-state index contributed by atoms with van der Waals surface area (Å²) in [4.78, 5) is 27.6. The Kier molecular flexibility index (Phi) is 3.32. The molecule has 8 aliphatic rings. The zero-order valence-corrected chi connectivity index (χ0v) is 22.2. The van der Waals surface area contributed by atoms with Crippen LogP contribution in [0.25, 0.3) is 0 Å². The molecule has 0 unspecified atom stereocenters. The maximum atomic E-state index is 13.8. The monoisotopic (exact) mass is 468 g/mol. The maximum absolute atomic E-state index is 13.8. The third kappa shape index (κ3) is 1.79. The van der Waals surface area contributed by atoms with Gasteiger partial charge in [0.1, 0.15) is 11.2 Å². The summed E-state index contributed by atoms with van der Waals surface area (Å²) in [5.74, 6) is 1.99. The van der Waals surface area contributed by atoms with Crippen LogP contribution in [0.5, 0.6) is 0 Å². The highest BCUT2D eigenvalue weighted by Crippen LogP contribution is 2.99. The lowest BCUT2D eigenvalue weighted by molar-refractivity contribution is -0.165. The Morgan fingerprint density at radius 3 is 1.47 bits per heavy atom. The van der Waals surface area contributed by atoms with E-state index >= 15 is 0 Å². The van der Waals surface area contributed by atoms with Gasteiger partial charge in [0.2, 0.25) is 0 Å². The van der Waals surface area contributed by atoms with E-state index in [1.807, 2.05) is 0 Å². The first-order valence-corrected chi connectivity index (χ1v) is 19.8. The Bertz CT molecular complexity index is 953. The summed E-state index contributed by atoms with van der Waals surface area (Å²) in [6.45, 7) is 14.0. The van der Waals surface area contributed by atoms with E-state index in [2.05, 4.69) is 62.8 Å². The SMILES string of the molecule is C[Si](C)(C)/C=C/C[C@]12C[C@H]3[C@H]4[C@H]5[C@H]6C[C@]7(C/C=C/[Si](C)(C)C)OC(=O)[C@@]3([C@@H]57)[C@@]6(C(=O)O1)[C@H]42. The molecule has 0 radical (unpaired) electrons. The minimum absolute atomic E-state index is 0.0333. The minimum Gasteiger partial charge on any atom is -0.458 e. The lowest BCUT2D eigenvalue weighted by Gasteiger charge is -2.48. The first-order valence-electron chi connectivity index (χ1n) is 12.7. The maximum Gasteiger partial charge on any atom is 0.314 e. The van der Waals surface area contributed by atoms with E-state index in [4.69, 9.17) is 9.47 Å². The van der Waals surface area contributed by atoms with Crippen molar-refractivity contribution in [3.63, 3.8) is 0 Å². The van der Waals surface area contributed by atoms with Crippen LogP contribution in [-0.2, 0) is 19.1 Å². The number of carbonyl (C=O) groups excluding carboxylic acids is 2. The molecule has 2 spiro atoms. The summed E-state index contributed by atoms with van der Waals surface area (Å²) in [5, 5.41) is 0. The Labute approximate surface area is 193 Å². The van der Waals surface area contributed by atoms with Gasteiger partial charge in [-0.15, -0.1) is 0 Å². The van der Waals surface area contributed by atoms with Crippen LogP contribution < -0.4 is 0 Å². The molecule has 32 heavy (non-hydrogen) atoms. The highest BCUT2D eigenvalue weighted by molar-refractivity contribution is 6.81. The van der Waals surface area contributed by atoms with Crippen molar-refractivity contribution >= 4 is 28.1 Å². The molecule has 2 heterocycles. The number of hydrogen-bond donors (Lipinski definition) is 0. The van der Waals surface area contributed by atoms with E-state index in [-0.39, 0.29) is 35.0 Å². The van der Waals surface area contributed by atoms with Crippen molar-refractivity contribution in [3.8, 4) is 0 Å². The molecule has 2 aliphatic heterocycles. The Morgan fingerprint density at radius 1 is 0.750 bits per heavy atom. The summed E-state index contributed by atoms with van der Waals surface area (Å²) < 4.78 is 12.8. The second-order valence-corrected chi connectivity index (χ2v) is 24.5. The minimum atomic E-state index is -1.30. The van der Waals surface area contributed by atoms with Crippen molar-refractivity contribution in [1.29, 1.82) is 0 Å². The van der Waals surface area contributed by atoms with Gasteiger partial charge < -0.3 is 9.47 Å². The number of esters is 2. The van der Waals surface area contributed by atoms with Crippen LogP contribution in [0.2, 0.25) is 39.3 Å². The topological polar surface area (TPSA) is 52.6 Å². The molecule has 172 valence electrons. The van der Waals surface area contributed by atoms with Gasteiger partial charge in [-0.05, 0) is 36.5 Å². The molecule has 4 nitrogen and oxygen atoms in total. The van der Waals surface area contributed by atoms with Gasteiger partial charge in [0.25, 0.3) is 0 Å². The van der Waals surface area contributed by atoms with E-state index in [1.165, 1.54) is 0 Å². The van der Waals surface area contributed by atoms with Gasteiger partial charge in [-0.3, -0.25) is 9.59 Å². The van der Waals surface area contributed by atoms with Crippen LogP contribution in [-0.4, -0.2) is 39.3 Å². The first-order chi connectivity index (χ1) is 14.8. The predicted molar refractivity (Wildman–Crippen MR) is 127 cm³/mol. The van der Waals surface area contributed by atoms with Crippen LogP contribution >= 0.6 is 0 Å². The van der Waals surface area contributed by atoms with Gasteiger partial charge in [-0.1, -0.05) is 62.8 Å². The number of rotatable bonds is 6. The summed E-state index contributed by atoms with van der Waals surface area (Å²) >= 11 is 0. The van der Waals surface area contributed by atoms with Gasteiger partial charge in [-0.2, -0.15) is 0 Å². The molecule has 8 rings (SSSR count). The molecule has 8 bridgehead atoms. The molecule has 0 amide bonds. The largest absolute Gasteiger partial charge is 0.458 e. The van der Waals surface area contributed by atoms with Gasteiger partial charge in [0, 0.05) is 24.7 Å². The predicted octanol–water partition coefficient (Wildman–Crippen LogP) is 4.74. The fourth-order valence-electron chi connectivity index (χ4n) is 10.7. The van der Waals surface area contributed by atoms with E-state index in [0.29, 0.717) is 23.7 Å². The summed E-state index contributed by atoms with van der Waals surface area (Å²) in [7, 11) is -2.60. The normalized spacial score (nSPS) is 55.4. The summed E-state index contributed by atoms with van der Waals surface area (Å²) in [6.07, 6.45) is 8.03. The van der Waals surface area contributed by atoms with Gasteiger partial charge in [0.15, 0.2) is 0 Å². The number of hydrogen-bond acceptors (Lipinski definition) is 4. The third-order valence-corrected chi connectivity index (χ3v) is 13.1. The molecule has 0 aromatic rings. The van der Waals surface area contributed by atoms with Crippen molar-refractivity contribution in [2.75, 3.05) is 0 Å². The Morgan fingerprint density at radius 2 is 1.12 bits per heavy atom. The van der Waals surface area contributed by atoms with E-state index in [1.54, 1.807) is 0 Å². The van der Waals surface area contributed by atoms with Crippen LogP contribution in [0, 0.1) is 46.3 Å². The smallest absolute Gasteiger partial charge is 0.314 e. The van der Waals surface area contributed by atoms with Gasteiger partial charge in [0.05, 0.1) is 27.0 Å². The lowest BCUT2D eigenvalue weighted by atomic mass is 9.47. The highest BCUT2D eigenvalue weighted by Gasteiger charge is 3.06.